The Hall–Kier alpha value is -3.09. The number of aromatic carboxylic acids is 2. The average Bonchev–Trinajstić information content (AvgIpc) is 2.45. The highest BCUT2D eigenvalue weighted by molar-refractivity contribution is 6.02. The van der Waals surface area contributed by atoms with Crippen molar-refractivity contribution in [2.24, 2.45) is 0 Å². The zero-order chi connectivity index (χ0) is 15.1. The molecule has 0 radical (unpaired) electrons. The Morgan fingerprint density at radius 2 is 1.86 bits per heavy atom. The van der Waals surface area contributed by atoms with Crippen molar-refractivity contribution in [3.63, 3.8) is 0 Å². The van der Waals surface area contributed by atoms with E-state index in [1.165, 1.54) is 4.57 Å². The summed E-state index contributed by atoms with van der Waals surface area (Å²) in [5.41, 5.74) is -1.17. The molecule has 0 spiro atoms. The van der Waals surface area contributed by atoms with E-state index in [2.05, 4.69) is 0 Å². The van der Waals surface area contributed by atoms with Gasteiger partial charge in [-0.2, -0.15) is 0 Å². The second kappa shape index (κ2) is 4.48. The van der Waals surface area contributed by atoms with E-state index in [1.807, 2.05) is 0 Å². The van der Waals surface area contributed by atoms with Crippen LogP contribution in [0.1, 0.15) is 26.4 Å². The van der Waals surface area contributed by atoms with Crippen LogP contribution in [-0.2, 0) is 6.61 Å². The fourth-order valence-electron chi connectivity index (χ4n) is 2.38. The van der Waals surface area contributed by atoms with Crippen molar-refractivity contribution in [2.75, 3.05) is 0 Å². The van der Waals surface area contributed by atoms with Crippen LogP contribution in [0.4, 0.5) is 0 Å². The van der Waals surface area contributed by atoms with Crippen LogP contribution >= 0.6 is 0 Å². The number of pyridine rings is 1. The second-order valence-electron chi connectivity index (χ2n) is 4.42. The van der Waals surface area contributed by atoms with Gasteiger partial charge >= 0.3 is 11.9 Å². The molecule has 1 aromatic carbocycles. The standard InChI is InChI=1S/C14H9NO6/c16-11-5-7(13(17)18)12(14(19)20)9-6-21-10-4-2-1-3-8(10)15(9)11/h1-5H,6H2,(H,17,18)(H,19,20). The van der Waals surface area contributed by atoms with Gasteiger partial charge in [-0.1, -0.05) is 12.1 Å². The zero-order valence-electron chi connectivity index (χ0n) is 10.6. The summed E-state index contributed by atoms with van der Waals surface area (Å²) in [6.45, 7) is -0.186. The number of fused-ring (bicyclic) bond motifs is 3. The topological polar surface area (TPSA) is 106 Å². The number of rotatable bonds is 2. The number of nitrogens with zero attached hydrogens (tertiary/aromatic N) is 1. The van der Waals surface area contributed by atoms with E-state index in [0.29, 0.717) is 11.4 Å². The number of benzene rings is 1. The van der Waals surface area contributed by atoms with Crippen molar-refractivity contribution in [1.82, 2.24) is 4.57 Å². The zero-order valence-corrected chi connectivity index (χ0v) is 10.6. The van der Waals surface area contributed by atoms with Crippen molar-refractivity contribution in [3.8, 4) is 11.4 Å². The van der Waals surface area contributed by atoms with Gasteiger partial charge in [0.2, 0.25) is 0 Å². The van der Waals surface area contributed by atoms with Gasteiger partial charge in [-0.05, 0) is 12.1 Å². The molecule has 106 valence electrons. The monoisotopic (exact) mass is 287 g/mol. The first kappa shape index (κ1) is 12.9. The minimum atomic E-state index is -1.47. The van der Waals surface area contributed by atoms with Crippen molar-refractivity contribution in [1.29, 1.82) is 0 Å². The number of hydrogen-bond acceptors (Lipinski definition) is 4. The summed E-state index contributed by atoms with van der Waals surface area (Å²) in [5, 5.41) is 18.4. The van der Waals surface area contributed by atoms with Gasteiger partial charge in [-0.15, -0.1) is 0 Å². The summed E-state index contributed by atoms with van der Waals surface area (Å²) in [7, 11) is 0. The maximum absolute atomic E-state index is 12.2. The van der Waals surface area contributed by atoms with Gasteiger partial charge < -0.3 is 14.9 Å². The Morgan fingerprint density at radius 1 is 1.14 bits per heavy atom. The molecule has 3 rings (SSSR count). The Balaban J connectivity index is 2.43. The lowest BCUT2D eigenvalue weighted by Gasteiger charge is -2.24. The predicted octanol–water partition coefficient (Wildman–Crippen LogP) is 1.13. The van der Waals surface area contributed by atoms with Crippen LogP contribution in [0.5, 0.6) is 5.75 Å². The van der Waals surface area contributed by atoms with Gasteiger partial charge in [-0.25, -0.2) is 9.59 Å². The molecule has 2 heterocycles. The van der Waals surface area contributed by atoms with E-state index < -0.39 is 28.6 Å². The first-order valence-corrected chi connectivity index (χ1v) is 5.98. The molecule has 0 amide bonds. The van der Waals surface area contributed by atoms with E-state index in [4.69, 9.17) is 9.84 Å². The van der Waals surface area contributed by atoms with E-state index in [-0.39, 0.29) is 12.3 Å². The average molecular weight is 287 g/mol. The lowest BCUT2D eigenvalue weighted by molar-refractivity contribution is 0.0647. The molecule has 2 aromatic rings. The first-order valence-electron chi connectivity index (χ1n) is 5.98. The molecule has 0 aliphatic carbocycles. The van der Waals surface area contributed by atoms with Crippen LogP contribution in [0.3, 0.4) is 0 Å². The molecule has 0 unspecified atom stereocenters. The van der Waals surface area contributed by atoms with Gasteiger partial charge in [0.05, 0.1) is 22.5 Å². The smallest absolute Gasteiger partial charge is 0.338 e. The molecule has 1 aliphatic heterocycles. The summed E-state index contributed by atoms with van der Waals surface area (Å²) in [6.07, 6.45) is 0. The fourth-order valence-corrected chi connectivity index (χ4v) is 2.38. The summed E-state index contributed by atoms with van der Waals surface area (Å²) in [4.78, 5) is 34.7. The molecule has 7 nitrogen and oxygen atoms in total. The summed E-state index contributed by atoms with van der Waals surface area (Å²) in [5.74, 6) is -2.45. The van der Waals surface area contributed by atoms with Gasteiger partial charge in [0.1, 0.15) is 12.4 Å². The highest BCUT2D eigenvalue weighted by Crippen LogP contribution is 2.30. The number of ether oxygens (including phenoxy) is 1. The normalized spacial score (nSPS) is 12.0. The van der Waals surface area contributed by atoms with Crippen molar-refractivity contribution >= 4 is 11.9 Å². The molecule has 1 aromatic heterocycles. The minimum Gasteiger partial charge on any atom is -0.485 e. The molecule has 21 heavy (non-hydrogen) atoms. The van der Waals surface area contributed by atoms with Gasteiger partial charge in [0, 0.05) is 6.07 Å². The molecule has 0 saturated carbocycles. The SMILES string of the molecule is O=C(O)c1cc(=O)n2c(c1C(=O)O)COc1ccccc1-2. The third-order valence-electron chi connectivity index (χ3n) is 3.23. The van der Waals surface area contributed by atoms with Crippen LogP contribution in [0.25, 0.3) is 5.69 Å². The van der Waals surface area contributed by atoms with Crippen LogP contribution in [0.15, 0.2) is 35.1 Å². The molecule has 7 heteroatoms. The summed E-state index contributed by atoms with van der Waals surface area (Å²) in [6, 6.07) is 7.47. The summed E-state index contributed by atoms with van der Waals surface area (Å²) < 4.78 is 6.59. The third kappa shape index (κ3) is 1.86. The van der Waals surface area contributed by atoms with Crippen molar-refractivity contribution in [2.45, 2.75) is 6.61 Å². The van der Waals surface area contributed by atoms with Crippen LogP contribution < -0.4 is 10.3 Å². The maximum atomic E-state index is 12.2. The lowest BCUT2D eigenvalue weighted by Crippen LogP contribution is -2.31. The first-order chi connectivity index (χ1) is 10.0. The number of carboxylic acid groups (broad SMARTS) is 2. The fraction of sp³-hybridized carbons (Fsp3) is 0.0714. The molecule has 1 aliphatic rings. The maximum Gasteiger partial charge on any atom is 0.338 e. The minimum absolute atomic E-state index is 0.0195. The van der Waals surface area contributed by atoms with E-state index in [1.54, 1.807) is 24.3 Å². The second-order valence-corrected chi connectivity index (χ2v) is 4.42. The highest BCUT2D eigenvalue weighted by Gasteiger charge is 2.28. The molecule has 0 saturated heterocycles. The van der Waals surface area contributed by atoms with Gasteiger partial charge in [-0.3, -0.25) is 9.36 Å². The summed E-state index contributed by atoms with van der Waals surface area (Å²) >= 11 is 0. The highest BCUT2D eigenvalue weighted by atomic mass is 16.5. The lowest BCUT2D eigenvalue weighted by atomic mass is 10.0. The Kier molecular flexibility index (Phi) is 2.76. The van der Waals surface area contributed by atoms with Crippen LogP contribution in [0, 0.1) is 0 Å². The van der Waals surface area contributed by atoms with Gasteiger partial charge in [0.15, 0.2) is 0 Å². The van der Waals surface area contributed by atoms with E-state index in [0.717, 1.165) is 6.07 Å². The Labute approximate surface area is 117 Å². The molecule has 0 fully saturated rings. The quantitative estimate of drug-likeness (QED) is 0.857. The van der Waals surface area contributed by atoms with E-state index in [9.17, 15) is 19.5 Å². The molecule has 2 N–H and O–H groups in total. The number of aromatic nitrogens is 1. The number of para-hydroxylation sites is 2. The van der Waals surface area contributed by atoms with Crippen molar-refractivity contribution < 1.29 is 24.5 Å². The Bertz CT molecular complexity index is 836. The van der Waals surface area contributed by atoms with Gasteiger partial charge in [0.25, 0.3) is 5.56 Å². The van der Waals surface area contributed by atoms with E-state index >= 15 is 0 Å². The third-order valence-corrected chi connectivity index (χ3v) is 3.23. The molecule has 0 bridgehead atoms. The molecular weight excluding hydrogens is 278 g/mol. The molecule has 0 atom stereocenters. The number of carbonyl (C=O) groups is 2. The largest absolute Gasteiger partial charge is 0.485 e. The van der Waals surface area contributed by atoms with Crippen LogP contribution in [0.2, 0.25) is 0 Å². The number of carboxylic acids is 2. The predicted molar refractivity (Wildman–Crippen MR) is 70.3 cm³/mol. The molecular formula is C14H9NO6. The Morgan fingerprint density at radius 3 is 2.52 bits per heavy atom. The number of hydrogen-bond donors (Lipinski definition) is 2. The van der Waals surface area contributed by atoms with Crippen LogP contribution in [-0.4, -0.2) is 26.7 Å². The van der Waals surface area contributed by atoms with Crippen molar-refractivity contribution in [3.05, 3.63) is 57.5 Å².